The van der Waals surface area contributed by atoms with Gasteiger partial charge in [-0.2, -0.15) is 0 Å². The third-order valence-corrected chi connectivity index (χ3v) is 4.50. The van der Waals surface area contributed by atoms with Crippen molar-refractivity contribution in [3.63, 3.8) is 0 Å². The first-order valence-electron chi connectivity index (χ1n) is 8.61. The average Bonchev–Trinajstić information content (AvgIpc) is 2.92. The second kappa shape index (κ2) is 7.61. The van der Waals surface area contributed by atoms with Crippen molar-refractivity contribution in [1.82, 2.24) is 4.90 Å². The summed E-state index contributed by atoms with van der Waals surface area (Å²) in [4.78, 5) is 39.3. The molecule has 0 aliphatic carbocycles. The number of benzene rings is 2. The van der Waals surface area contributed by atoms with Crippen LogP contribution in [0.5, 0.6) is 0 Å². The number of aryl methyl sites for hydroxylation is 1. The van der Waals surface area contributed by atoms with Gasteiger partial charge in [0.05, 0.1) is 22.8 Å². The molecule has 1 aliphatic rings. The number of nitro benzene ring substituents is 1. The zero-order valence-corrected chi connectivity index (χ0v) is 15.5. The summed E-state index contributed by atoms with van der Waals surface area (Å²) in [6.07, 6.45) is 0. The van der Waals surface area contributed by atoms with Crippen LogP contribution in [-0.4, -0.2) is 46.9 Å². The number of nitrogens with zero attached hydrogens (tertiary/aromatic N) is 3. The molecule has 1 N–H and O–H groups in total. The second-order valence-electron chi connectivity index (χ2n) is 6.46. The first-order valence-corrected chi connectivity index (χ1v) is 8.61. The van der Waals surface area contributed by atoms with E-state index in [1.165, 1.54) is 29.2 Å². The Morgan fingerprint density at radius 1 is 1.11 bits per heavy atom. The highest BCUT2D eigenvalue weighted by atomic mass is 16.6. The molecule has 0 atom stereocenters. The van der Waals surface area contributed by atoms with Crippen LogP contribution in [0, 0.1) is 17.0 Å². The van der Waals surface area contributed by atoms with E-state index in [-0.39, 0.29) is 30.1 Å². The zero-order chi connectivity index (χ0) is 20.4. The van der Waals surface area contributed by atoms with Crippen LogP contribution in [0.25, 0.3) is 5.57 Å². The van der Waals surface area contributed by atoms with Gasteiger partial charge in [-0.15, -0.1) is 0 Å². The molecular weight excluding hydrogens is 362 g/mol. The summed E-state index contributed by atoms with van der Waals surface area (Å²) in [6.45, 7) is 1.82. The zero-order valence-electron chi connectivity index (χ0n) is 15.5. The molecule has 2 aromatic rings. The molecule has 0 aromatic heterocycles. The number of amides is 2. The van der Waals surface area contributed by atoms with Crippen LogP contribution in [-0.2, 0) is 9.59 Å². The van der Waals surface area contributed by atoms with Gasteiger partial charge in [0.15, 0.2) is 0 Å². The minimum Gasteiger partial charge on any atom is -0.395 e. The number of aliphatic hydroxyl groups excluding tert-OH is 1. The smallest absolute Gasteiger partial charge is 0.282 e. The Morgan fingerprint density at radius 2 is 1.79 bits per heavy atom. The molecule has 144 valence electrons. The maximum atomic E-state index is 13.2. The number of carbonyl (C=O) groups excluding carboxylic acids is 2. The summed E-state index contributed by atoms with van der Waals surface area (Å²) >= 11 is 0. The monoisotopic (exact) mass is 381 g/mol. The topological polar surface area (TPSA) is 104 Å². The van der Waals surface area contributed by atoms with Crippen LogP contribution >= 0.6 is 0 Å². The van der Waals surface area contributed by atoms with Crippen molar-refractivity contribution in [3.05, 3.63) is 75.5 Å². The number of aliphatic hydroxyl groups is 1. The fourth-order valence-electron chi connectivity index (χ4n) is 3.15. The number of carbonyl (C=O) groups is 2. The highest BCUT2D eigenvalue weighted by Crippen LogP contribution is 2.35. The summed E-state index contributed by atoms with van der Waals surface area (Å²) in [5, 5.41) is 20.2. The highest BCUT2D eigenvalue weighted by molar-refractivity contribution is 6.45. The molecule has 0 spiro atoms. The number of rotatable bonds is 6. The summed E-state index contributed by atoms with van der Waals surface area (Å²) in [5.41, 5.74) is 1.93. The highest BCUT2D eigenvalue weighted by Gasteiger charge is 2.41. The lowest BCUT2D eigenvalue weighted by molar-refractivity contribution is -0.384. The van der Waals surface area contributed by atoms with E-state index in [4.69, 9.17) is 0 Å². The predicted molar refractivity (Wildman–Crippen MR) is 103 cm³/mol. The van der Waals surface area contributed by atoms with Gasteiger partial charge >= 0.3 is 0 Å². The number of likely N-dealkylation sites (N-methyl/N-ethyl adjacent to an activating group) is 1. The van der Waals surface area contributed by atoms with Gasteiger partial charge in [-0.05, 0) is 42.3 Å². The number of imide groups is 1. The van der Waals surface area contributed by atoms with Crippen LogP contribution < -0.4 is 4.90 Å². The Hall–Kier alpha value is -3.52. The predicted octanol–water partition coefficient (Wildman–Crippen LogP) is 2.11. The number of hydrogen-bond acceptors (Lipinski definition) is 6. The largest absolute Gasteiger partial charge is 0.395 e. The molecule has 0 unspecified atom stereocenters. The van der Waals surface area contributed by atoms with Crippen LogP contribution in [0.4, 0.5) is 11.4 Å². The Bertz CT molecular complexity index is 982. The second-order valence-corrected chi connectivity index (χ2v) is 6.46. The quantitative estimate of drug-likeness (QED) is 0.467. The summed E-state index contributed by atoms with van der Waals surface area (Å²) in [5.74, 6) is -1.01. The molecular formula is C20H19N3O5. The van der Waals surface area contributed by atoms with Gasteiger partial charge in [-0.3, -0.25) is 19.7 Å². The molecule has 8 heteroatoms. The Morgan fingerprint density at radius 3 is 2.36 bits per heavy atom. The molecule has 2 aromatic carbocycles. The van der Waals surface area contributed by atoms with Crippen LogP contribution in [0.2, 0.25) is 0 Å². The van der Waals surface area contributed by atoms with Gasteiger partial charge in [0.2, 0.25) is 0 Å². The van der Waals surface area contributed by atoms with Gasteiger partial charge in [0, 0.05) is 25.7 Å². The molecule has 0 radical (unpaired) electrons. The molecule has 0 saturated heterocycles. The van der Waals surface area contributed by atoms with Crippen LogP contribution in [0.1, 0.15) is 11.1 Å². The maximum absolute atomic E-state index is 13.2. The van der Waals surface area contributed by atoms with Gasteiger partial charge in [-0.25, -0.2) is 4.90 Å². The lowest BCUT2D eigenvalue weighted by atomic mass is 10.0. The van der Waals surface area contributed by atoms with E-state index < -0.39 is 16.7 Å². The fraction of sp³-hybridized carbons (Fsp3) is 0.200. The molecule has 3 rings (SSSR count). The van der Waals surface area contributed by atoms with E-state index >= 15 is 0 Å². The maximum Gasteiger partial charge on any atom is 0.282 e. The SMILES string of the molecule is Cc1cccc(N2C(=O)C(c3ccc([N+](=O)[O-])cc3)=C(N(C)CCO)C2=O)c1. The lowest BCUT2D eigenvalue weighted by Gasteiger charge is -2.20. The molecule has 28 heavy (non-hydrogen) atoms. The van der Waals surface area contributed by atoms with Crippen molar-refractivity contribution in [3.8, 4) is 0 Å². The summed E-state index contributed by atoms with van der Waals surface area (Å²) < 4.78 is 0. The van der Waals surface area contributed by atoms with Gasteiger partial charge in [0.1, 0.15) is 5.70 Å². The first kappa shape index (κ1) is 19.2. The van der Waals surface area contributed by atoms with Crippen LogP contribution in [0.3, 0.4) is 0 Å². The summed E-state index contributed by atoms with van der Waals surface area (Å²) in [6, 6.07) is 12.5. The van der Waals surface area contributed by atoms with Crippen molar-refractivity contribution in [2.24, 2.45) is 0 Å². The molecule has 0 saturated carbocycles. The van der Waals surface area contributed by atoms with E-state index in [0.29, 0.717) is 11.3 Å². The molecule has 1 aliphatic heterocycles. The normalized spacial score (nSPS) is 14.0. The fourth-order valence-corrected chi connectivity index (χ4v) is 3.15. The van der Waals surface area contributed by atoms with E-state index in [0.717, 1.165) is 10.5 Å². The van der Waals surface area contributed by atoms with E-state index in [1.54, 1.807) is 25.2 Å². The van der Waals surface area contributed by atoms with E-state index in [9.17, 15) is 24.8 Å². The van der Waals surface area contributed by atoms with Crippen LogP contribution in [0.15, 0.2) is 54.2 Å². The third-order valence-electron chi connectivity index (χ3n) is 4.50. The minimum absolute atomic E-state index is 0.109. The Labute approximate surface area is 161 Å². The molecule has 8 nitrogen and oxygen atoms in total. The molecule has 0 bridgehead atoms. The van der Waals surface area contributed by atoms with Crippen molar-refractivity contribution in [1.29, 1.82) is 0 Å². The standard InChI is InChI=1S/C20H19N3O5/c1-13-4-3-5-16(12-13)22-19(25)17(18(20(22)26)21(2)10-11-24)14-6-8-15(9-7-14)23(27)28/h3-9,12,24H,10-11H2,1-2H3. The van der Waals surface area contributed by atoms with Crippen molar-refractivity contribution < 1.29 is 19.6 Å². The number of hydrogen-bond donors (Lipinski definition) is 1. The van der Waals surface area contributed by atoms with Crippen molar-refractivity contribution in [2.45, 2.75) is 6.92 Å². The van der Waals surface area contributed by atoms with E-state index in [1.807, 2.05) is 13.0 Å². The molecule has 1 heterocycles. The molecule has 0 fully saturated rings. The van der Waals surface area contributed by atoms with Crippen molar-refractivity contribution >= 4 is 28.8 Å². The average molecular weight is 381 g/mol. The number of nitro groups is 1. The number of non-ortho nitro benzene ring substituents is 1. The van der Waals surface area contributed by atoms with Gasteiger partial charge in [-0.1, -0.05) is 12.1 Å². The van der Waals surface area contributed by atoms with Gasteiger partial charge < -0.3 is 10.0 Å². The lowest BCUT2D eigenvalue weighted by Crippen LogP contribution is -2.34. The van der Waals surface area contributed by atoms with E-state index in [2.05, 4.69) is 0 Å². The van der Waals surface area contributed by atoms with Crippen molar-refractivity contribution in [2.75, 3.05) is 25.1 Å². The van der Waals surface area contributed by atoms with Gasteiger partial charge in [0.25, 0.3) is 17.5 Å². The third kappa shape index (κ3) is 3.37. The molecule has 2 amide bonds. The Balaban J connectivity index is 2.12. The first-order chi connectivity index (χ1) is 13.3. The minimum atomic E-state index is -0.530. The number of anilines is 1. The Kier molecular flexibility index (Phi) is 5.23. The summed E-state index contributed by atoms with van der Waals surface area (Å²) in [7, 11) is 1.61.